The van der Waals surface area contributed by atoms with Crippen LogP contribution in [-0.4, -0.2) is 43.1 Å². The van der Waals surface area contributed by atoms with Crippen LogP contribution in [0.2, 0.25) is 15.1 Å². The number of esters is 1. The number of amides is 1. The average molecular weight is 367 g/mol. The summed E-state index contributed by atoms with van der Waals surface area (Å²) in [7, 11) is 1.30. The van der Waals surface area contributed by atoms with Crippen molar-refractivity contribution in [2.75, 3.05) is 20.3 Å². The number of likely N-dealkylation sites (tertiary alicyclic amines) is 1. The van der Waals surface area contributed by atoms with Crippen LogP contribution in [0.3, 0.4) is 0 Å². The third-order valence-corrected chi connectivity index (χ3v) is 4.39. The second-order valence-corrected chi connectivity index (χ2v) is 5.98. The molecular formula is C14H14Cl3NO4. The lowest BCUT2D eigenvalue weighted by molar-refractivity contribution is -0.151. The Morgan fingerprint density at radius 3 is 2.59 bits per heavy atom. The molecule has 1 amide bonds. The number of carbonyl (C=O) groups excluding carboxylic acids is 2. The highest BCUT2D eigenvalue weighted by Gasteiger charge is 2.34. The molecule has 1 aliphatic rings. The quantitative estimate of drug-likeness (QED) is 0.606. The molecular weight excluding hydrogens is 353 g/mol. The third kappa shape index (κ3) is 3.77. The van der Waals surface area contributed by atoms with Crippen LogP contribution in [0.4, 0.5) is 0 Å². The summed E-state index contributed by atoms with van der Waals surface area (Å²) in [4.78, 5) is 25.3. The number of nitrogens with zero attached hydrogens (tertiary/aromatic N) is 1. The zero-order valence-corrected chi connectivity index (χ0v) is 14.0. The highest BCUT2D eigenvalue weighted by molar-refractivity contribution is 6.43. The Morgan fingerprint density at radius 2 is 1.91 bits per heavy atom. The van der Waals surface area contributed by atoms with Gasteiger partial charge in [0.2, 0.25) is 0 Å². The molecule has 1 fully saturated rings. The van der Waals surface area contributed by atoms with E-state index < -0.39 is 12.0 Å². The van der Waals surface area contributed by atoms with Crippen LogP contribution in [0.15, 0.2) is 12.1 Å². The van der Waals surface area contributed by atoms with E-state index in [-0.39, 0.29) is 28.3 Å². The van der Waals surface area contributed by atoms with Gasteiger partial charge in [0, 0.05) is 12.6 Å². The van der Waals surface area contributed by atoms with Crippen LogP contribution in [0, 0.1) is 0 Å². The van der Waals surface area contributed by atoms with E-state index in [0.29, 0.717) is 18.0 Å². The van der Waals surface area contributed by atoms with Gasteiger partial charge in [-0.1, -0.05) is 34.8 Å². The maximum atomic E-state index is 12.2. The fraction of sp³-hybridized carbons (Fsp3) is 0.429. The Labute approximate surface area is 143 Å². The molecule has 120 valence electrons. The molecule has 8 heteroatoms. The highest BCUT2D eigenvalue weighted by atomic mass is 35.5. The third-order valence-electron chi connectivity index (χ3n) is 3.37. The lowest BCUT2D eigenvalue weighted by atomic mass is 10.2. The number of rotatable bonds is 4. The topological polar surface area (TPSA) is 55.8 Å². The standard InChI is InChI=1S/C14H14Cl3NO4/c1-21-14(20)11-3-2-4-18(11)13(19)7-22-12-6-9(16)8(15)5-10(12)17/h5-6,11H,2-4,7H2,1H3. The molecule has 1 aliphatic heterocycles. The second kappa shape index (κ2) is 7.40. The van der Waals surface area contributed by atoms with Gasteiger partial charge in [-0.15, -0.1) is 0 Å². The second-order valence-electron chi connectivity index (χ2n) is 4.75. The van der Waals surface area contributed by atoms with Crippen molar-refractivity contribution in [3.63, 3.8) is 0 Å². The average Bonchev–Trinajstić information content (AvgIpc) is 2.98. The molecule has 2 rings (SSSR count). The van der Waals surface area contributed by atoms with Gasteiger partial charge in [0.05, 0.1) is 22.2 Å². The zero-order valence-electron chi connectivity index (χ0n) is 11.8. The van der Waals surface area contributed by atoms with E-state index in [0.717, 1.165) is 6.42 Å². The molecule has 0 aliphatic carbocycles. The number of carbonyl (C=O) groups is 2. The maximum absolute atomic E-state index is 12.2. The van der Waals surface area contributed by atoms with Crippen molar-refractivity contribution in [2.45, 2.75) is 18.9 Å². The molecule has 0 N–H and O–H groups in total. The van der Waals surface area contributed by atoms with Crippen molar-refractivity contribution in [3.8, 4) is 5.75 Å². The van der Waals surface area contributed by atoms with Crippen molar-refractivity contribution >= 4 is 46.7 Å². The van der Waals surface area contributed by atoms with E-state index in [1.54, 1.807) is 0 Å². The normalized spacial score (nSPS) is 17.5. The van der Waals surface area contributed by atoms with Gasteiger partial charge in [-0.25, -0.2) is 4.79 Å². The van der Waals surface area contributed by atoms with Gasteiger partial charge >= 0.3 is 5.97 Å². The Morgan fingerprint density at radius 1 is 1.23 bits per heavy atom. The minimum atomic E-state index is -0.551. The fourth-order valence-electron chi connectivity index (χ4n) is 2.28. The van der Waals surface area contributed by atoms with Crippen LogP contribution in [0.5, 0.6) is 5.75 Å². The van der Waals surface area contributed by atoms with E-state index in [1.165, 1.54) is 24.1 Å². The number of halogens is 3. The van der Waals surface area contributed by atoms with Gasteiger partial charge in [-0.3, -0.25) is 4.79 Å². The number of benzene rings is 1. The predicted octanol–water partition coefficient (Wildman–Crippen LogP) is 3.19. The summed E-state index contributed by atoms with van der Waals surface area (Å²) in [6.07, 6.45) is 1.34. The molecule has 1 unspecified atom stereocenters. The van der Waals surface area contributed by atoms with Crippen molar-refractivity contribution in [1.82, 2.24) is 4.90 Å². The number of ether oxygens (including phenoxy) is 2. The van der Waals surface area contributed by atoms with E-state index in [9.17, 15) is 9.59 Å². The van der Waals surface area contributed by atoms with Crippen LogP contribution < -0.4 is 4.74 Å². The van der Waals surface area contributed by atoms with Crippen LogP contribution >= 0.6 is 34.8 Å². The van der Waals surface area contributed by atoms with Gasteiger partial charge in [0.25, 0.3) is 5.91 Å². The first kappa shape index (κ1) is 17.2. The van der Waals surface area contributed by atoms with Crippen LogP contribution in [0.25, 0.3) is 0 Å². The van der Waals surface area contributed by atoms with Crippen LogP contribution in [0.1, 0.15) is 12.8 Å². The maximum Gasteiger partial charge on any atom is 0.328 e. The molecule has 5 nitrogen and oxygen atoms in total. The van der Waals surface area contributed by atoms with Crippen LogP contribution in [-0.2, 0) is 14.3 Å². The molecule has 0 aromatic heterocycles. The van der Waals surface area contributed by atoms with Gasteiger partial charge in [-0.05, 0) is 18.9 Å². The summed E-state index contributed by atoms with van der Waals surface area (Å²) in [5.41, 5.74) is 0. The Bertz CT molecular complexity index is 594. The van der Waals surface area contributed by atoms with Gasteiger partial charge in [0.1, 0.15) is 11.8 Å². The first-order valence-corrected chi connectivity index (χ1v) is 7.72. The molecule has 1 aromatic carbocycles. The molecule has 22 heavy (non-hydrogen) atoms. The van der Waals surface area contributed by atoms with Crippen molar-refractivity contribution in [1.29, 1.82) is 0 Å². The molecule has 1 heterocycles. The Balaban J connectivity index is 2.01. The molecule has 1 saturated heterocycles. The summed E-state index contributed by atoms with van der Waals surface area (Å²) in [5, 5.41) is 0.839. The molecule has 0 saturated carbocycles. The van der Waals surface area contributed by atoms with Gasteiger partial charge in [-0.2, -0.15) is 0 Å². The number of methoxy groups -OCH3 is 1. The molecule has 0 spiro atoms. The van der Waals surface area contributed by atoms with Gasteiger partial charge < -0.3 is 14.4 Å². The lowest BCUT2D eigenvalue weighted by Gasteiger charge is -2.22. The van der Waals surface area contributed by atoms with Crippen molar-refractivity contribution in [3.05, 3.63) is 27.2 Å². The Kier molecular flexibility index (Phi) is 5.78. The van der Waals surface area contributed by atoms with E-state index in [1.807, 2.05) is 0 Å². The number of hydrogen-bond donors (Lipinski definition) is 0. The summed E-state index contributed by atoms with van der Waals surface area (Å²) < 4.78 is 10.1. The lowest BCUT2D eigenvalue weighted by Crippen LogP contribution is -2.43. The first-order valence-electron chi connectivity index (χ1n) is 6.58. The zero-order chi connectivity index (χ0) is 16.3. The minimum Gasteiger partial charge on any atom is -0.482 e. The predicted molar refractivity (Wildman–Crippen MR) is 83.7 cm³/mol. The highest BCUT2D eigenvalue weighted by Crippen LogP contribution is 2.33. The summed E-state index contributed by atoms with van der Waals surface area (Å²) in [5.74, 6) is -0.466. The SMILES string of the molecule is COC(=O)C1CCCN1C(=O)COc1cc(Cl)c(Cl)cc1Cl. The van der Waals surface area contributed by atoms with Crippen molar-refractivity contribution in [2.24, 2.45) is 0 Å². The van der Waals surface area contributed by atoms with E-state index in [2.05, 4.69) is 0 Å². The molecule has 0 radical (unpaired) electrons. The molecule has 1 aromatic rings. The molecule has 1 atom stereocenters. The first-order chi connectivity index (χ1) is 10.4. The molecule has 0 bridgehead atoms. The largest absolute Gasteiger partial charge is 0.482 e. The van der Waals surface area contributed by atoms with E-state index in [4.69, 9.17) is 44.3 Å². The number of hydrogen-bond acceptors (Lipinski definition) is 4. The summed E-state index contributed by atoms with van der Waals surface area (Å²) >= 11 is 17.7. The summed E-state index contributed by atoms with van der Waals surface area (Å²) in [6.45, 7) is 0.252. The van der Waals surface area contributed by atoms with Crippen molar-refractivity contribution < 1.29 is 19.1 Å². The van der Waals surface area contributed by atoms with Gasteiger partial charge in [0.15, 0.2) is 6.61 Å². The Hall–Kier alpha value is -1.17. The minimum absolute atomic E-state index is 0.245. The van der Waals surface area contributed by atoms with E-state index >= 15 is 0 Å². The smallest absolute Gasteiger partial charge is 0.328 e. The summed E-state index contributed by atoms with van der Waals surface area (Å²) in [6, 6.07) is 2.34. The fourth-order valence-corrected chi connectivity index (χ4v) is 2.88. The monoisotopic (exact) mass is 365 g/mol.